The Hall–Kier alpha value is -4.80. The van der Waals surface area contributed by atoms with Crippen LogP contribution in [-0.2, 0) is 24.6 Å². The number of amides is 1. The fraction of sp³-hybridized carbons (Fsp3) is 0.256. The minimum absolute atomic E-state index is 0. The zero-order valence-electron chi connectivity index (χ0n) is 30.8. The maximum atomic E-state index is 15.0. The van der Waals surface area contributed by atoms with Crippen LogP contribution in [0.3, 0.4) is 0 Å². The highest BCUT2D eigenvalue weighted by atomic mass is 35.5. The SMILES string of the molecule is Cc1cc(/C=C/C(=O)N2CCN(Cc3ccc(COc4ccc(OC(C)C)cc4)c(F)c3)CC2)cc(Cl)c1Oc1ccc(OCc2ccccc2Cl)cn1.Cl. The van der Waals surface area contributed by atoms with Gasteiger partial charge in [-0.2, -0.15) is 0 Å². The predicted octanol–water partition coefficient (Wildman–Crippen LogP) is 10.4. The van der Waals surface area contributed by atoms with E-state index in [2.05, 4.69) is 9.88 Å². The lowest BCUT2D eigenvalue weighted by Gasteiger charge is -2.34. The van der Waals surface area contributed by atoms with Crippen molar-refractivity contribution in [3.05, 3.63) is 147 Å². The minimum atomic E-state index is -0.303. The highest BCUT2D eigenvalue weighted by Gasteiger charge is 2.20. The highest BCUT2D eigenvalue weighted by Crippen LogP contribution is 2.34. The summed E-state index contributed by atoms with van der Waals surface area (Å²) in [5.41, 5.74) is 3.81. The number of benzene rings is 4. The third-order valence-electron chi connectivity index (χ3n) is 8.74. The average Bonchev–Trinajstić information content (AvgIpc) is 3.16. The van der Waals surface area contributed by atoms with Crippen LogP contribution in [0, 0.1) is 12.7 Å². The van der Waals surface area contributed by atoms with Crippen LogP contribution in [0.25, 0.3) is 6.08 Å². The Labute approximate surface area is 337 Å². The van der Waals surface area contributed by atoms with Crippen molar-refractivity contribution in [2.45, 2.75) is 46.6 Å². The highest BCUT2D eigenvalue weighted by molar-refractivity contribution is 6.32. The van der Waals surface area contributed by atoms with Gasteiger partial charge in [-0.05, 0) is 98.1 Å². The van der Waals surface area contributed by atoms with E-state index in [4.69, 9.17) is 42.1 Å². The molecule has 0 atom stereocenters. The third-order valence-corrected chi connectivity index (χ3v) is 9.38. The van der Waals surface area contributed by atoms with Gasteiger partial charge in [-0.3, -0.25) is 9.69 Å². The normalized spacial score (nSPS) is 13.1. The molecule has 0 bridgehead atoms. The maximum absolute atomic E-state index is 15.0. The topological polar surface area (TPSA) is 73.4 Å². The van der Waals surface area contributed by atoms with Crippen molar-refractivity contribution in [1.82, 2.24) is 14.8 Å². The Kier molecular flexibility index (Phi) is 14.8. The van der Waals surface area contributed by atoms with Crippen LogP contribution in [0.1, 0.15) is 41.7 Å². The van der Waals surface area contributed by atoms with Gasteiger partial charge in [0.2, 0.25) is 11.8 Å². The molecule has 0 radical (unpaired) electrons. The molecule has 0 spiro atoms. The Balaban J connectivity index is 0.00000580. The molecule has 2 heterocycles. The molecule has 8 nitrogen and oxygen atoms in total. The molecule has 288 valence electrons. The Morgan fingerprint density at radius 2 is 1.53 bits per heavy atom. The van der Waals surface area contributed by atoms with E-state index in [0.717, 1.165) is 28.0 Å². The van der Waals surface area contributed by atoms with Crippen molar-refractivity contribution in [3.8, 4) is 28.9 Å². The number of ether oxygens (including phenoxy) is 4. The average molecular weight is 807 g/mol. The lowest BCUT2D eigenvalue weighted by atomic mass is 10.1. The van der Waals surface area contributed by atoms with Gasteiger partial charge in [0.25, 0.3) is 0 Å². The van der Waals surface area contributed by atoms with Gasteiger partial charge in [-0.25, -0.2) is 9.37 Å². The van der Waals surface area contributed by atoms with Crippen LogP contribution in [0.15, 0.2) is 103 Å². The summed E-state index contributed by atoms with van der Waals surface area (Å²) in [5, 5.41) is 1.04. The molecule has 5 aromatic rings. The standard InChI is InChI=1S/C43H42Cl2FN3O5.ClH/c1-29(2)53-36-13-11-35(12-14-36)51-28-34-10-8-32(24-40(34)46)26-48-18-20-49(21-19-48)42(50)17-9-31-22-30(3)43(39(45)23-31)54-41-16-15-37(25-47-41)52-27-33-6-4-5-7-38(33)44;/h4-17,22-25,29H,18-21,26-28H2,1-3H3;1H/b17-9+;. The van der Waals surface area contributed by atoms with E-state index in [1.807, 2.05) is 86.3 Å². The smallest absolute Gasteiger partial charge is 0.246 e. The van der Waals surface area contributed by atoms with Gasteiger partial charge >= 0.3 is 0 Å². The second-order valence-electron chi connectivity index (χ2n) is 13.3. The zero-order chi connectivity index (χ0) is 38.0. The number of hydrogen-bond acceptors (Lipinski definition) is 7. The number of hydrogen-bond donors (Lipinski definition) is 0. The van der Waals surface area contributed by atoms with Gasteiger partial charge in [0.15, 0.2) is 5.75 Å². The molecule has 0 unspecified atom stereocenters. The largest absolute Gasteiger partial charge is 0.491 e. The number of rotatable bonds is 14. The first-order valence-electron chi connectivity index (χ1n) is 17.8. The first-order chi connectivity index (χ1) is 26.1. The van der Waals surface area contributed by atoms with Crippen molar-refractivity contribution >= 4 is 47.6 Å². The number of aromatic nitrogens is 1. The van der Waals surface area contributed by atoms with Gasteiger partial charge in [0.05, 0.1) is 17.3 Å². The monoisotopic (exact) mass is 805 g/mol. The van der Waals surface area contributed by atoms with E-state index >= 15 is 0 Å². The number of carbonyl (C=O) groups is 1. The lowest BCUT2D eigenvalue weighted by molar-refractivity contribution is -0.127. The molecule has 1 fully saturated rings. The fourth-order valence-corrected chi connectivity index (χ4v) is 6.39. The Bertz CT molecular complexity index is 2050. The molecule has 0 N–H and O–H groups in total. The van der Waals surface area contributed by atoms with Gasteiger partial charge in [-0.1, -0.05) is 53.5 Å². The van der Waals surface area contributed by atoms with Crippen LogP contribution in [0.4, 0.5) is 4.39 Å². The Morgan fingerprint density at radius 1 is 0.836 bits per heavy atom. The van der Waals surface area contributed by atoms with E-state index in [-0.39, 0.29) is 36.8 Å². The van der Waals surface area contributed by atoms with Crippen LogP contribution >= 0.6 is 35.6 Å². The molecule has 1 aromatic heterocycles. The second-order valence-corrected chi connectivity index (χ2v) is 14.1. The van der Waals surface area contributed by atoms with Crippen LogP contribution in [0.5, 0.6) is 28.9 Å². The number of nitrogens with zero attached hydrogens (tertiary/aromatic N) is 3. The van der Waals surface area contributed by atoms with E-state index in [0.29, 0.717) is 78.1 Å². The maximum Gasteiger partial charge on any atom is 0.246 e. The first-order valence-corrected chi connectivity index (χ1v) is 18.5. The van der Waals surface area contributed by atoms with Crippen molar-refractivity contribution in [2.75, 3.05) is 26.2 Å². The predicted molar refractivity (Wildman–Crippen MR) is 217 cm³/mol. The zero-order valence-corrected chi connectivity index (χ0v) is 33.2. The molecule has 0 aliphatic carbocycles. The molecule has 1 amide bonds. The van der Waals surface area contributed by atoms with Gasteiger partial charge in [-0.15, -0.1) is 12.4 Å². The van der Waals surface area contributed by atoms with Gasteiger partial charge in [0.1, 0.15) is 36.3 Å². The number of piperazine rings is 1. The van der Waals surface area contributed by atoms with Gasteiger partial charge in [0, 0.05) is 61.0 Å². The van der Waals surface area contributed by atoms with E-state index in [9.17, 15) is 9.18 Å². The molecule has 0 saturated carbocycles. The summed E-state index contributed by atoms with van der Waals surface area (Å²) in [6, 6.07) is 27.2. The van der Waals surface area contributed by atoms with E-state index < -0.39 is 0 Å². The van der Waals surface area contributed by atoms with Crippen LogP contribution < -0.4 is 18.9 Å². The number of carbonyl (C=O) groups excluding carboxylic acids is 1. The summed E-state index contributed by atoms with van der Waals surface area (Å²) in [5.74, 6) is 2.45. The molecular weight excluding hydrogens is 764 g/mol. The first kappa shape index (κ1) is 41.4. The molecule has 1 aliphatic rings. The molecule has 1 aliphatic heterocycles. The summed E-state index contributed by atoms with van der Waals surface area (Å²) in [6.07, 6.45) is 4.99. The summed E-state index contributed by atoms with van der Waals surface area (Å²) < 4.78 is 38.2. The minimum Gasteiger partial charge on any atom is -0.491 e. The lowest BCUT2D eigenvalue weighted by Crippen LogP contribution is -2.47. The number of halogens is 4. The summed E-state index contributed by atoms with van der Waals surface area (Å²) >= 11 is 12.8. The fourth-order valence-electron chi connectivity index (χ4n) is 5.89. The summed E-state index contributed by atoms with van der Waals surface area (Å²) in [4.78, 5) is 21.4. The van der Waals surface area contributed by atoms with Crippen molar-refractivity contribution < 1.29 is 28.1 Å². The molecule has 1 saturated heterocycles. The van der Waals surface area contributed by atoms with Gasteiger partial charge < -0.3 is 23.8 Å². The third kappa shape index (κ3) is 11.8. The Morgan fingerprint density at radius 3 is 2.20 bits per heavy atom. The molecular formula is C43H43Cl3FN3O5. The molecule has 6 rings (SSSR count). The van der Waals surface area contributed by atoms with Crippen molar-refractivity contribution in [3.63, 3.8) is 0 Å². The van der Waals surface area contributed by atoms with Crippen molar-refractivity contribution in [1.29, 1.82) is 0 Å². The quantitative estimate of drug-likeness (QED) is 0.104. The second kappa shape index (κ2) is 19.7. The van der Waals surface area contributed by atoms with E-state index in [1.54, 1.807) is 48.7 Å². The number of aryl methyl sites for hydroxylation is 1. The molecule has 12 heteroatoms. The number of pyridine rings is 1. The van der Waals surface area contributed by atoms with E-state index in [1.165, 1.54) is 0 Å². The van der Waals surface area contributed by atoms with Crippen molar-refractivity contribution in [2.24, 2.45) is 0 Å². The molecule has 4 aromatic carbocycles. The van der Waals surface area contributed by atoms with Crippen LogP contribution in [0.2, 0.25) is 10.0 Å². The summed E-state index contributed by atoms with van der Waals surface area (Å²) in [7, 11) is 0. The summed E-state index contributed by atoms with van der Waals surface area (Å²) in [6.45, 7) is 9.38. The van der Waals surface area contributed by atoms with Crippen LogP contribution in [-0.4, -0.2) is 53.0 Å². The molecule has 55 heavy (non-hydrogen) atoms.